The van der Waals surface area contributed by atoms with E-state index in [0.29, 0.717) is 24.5 Å². The highest BCUT2D eigenvalue weighted by Crippen LogP contribution is 2.57. The molecule has 0 saturated carbocycles. The van der Waals surface area contributed by atoms with E-state index in [-0.39, 0.29) is 5.97 Å². The fourth-order valence-electron chi connectivity index (χ4n) is 5.74. The summed E-state index contributed by atoms with van der Waals surface area (Å²) < 4.78 is 5.20. The third-order valence-electron chi connectivity index (χ3n) is 7.07. The van der Waals surface area contributed by atoms with E-state index in [1.807, 2.05) is 30.4 Å². The molecule has 0 spiro atoms. The topological polar surface area (TPSA) is 45.3 Å². The predicted octanol–water partition coefficient (Wildman–Crippen LogP) is 4.85. The Kier molecular flexibility index (Phi) is 5.37. The number of para-hydroxylation sites is 1. The molecule has 0 amide bonds. The summed E-state index contributed by atoms with van der Waals surface area (Å²) in [5, 5.41) is 1.38. The Balaban J connectivity index is 1.53. The van der Waals surface area contributed by atoms with E-state index in [1.165, 1.54) is 22.2 Å². The van der Waals surface area contributed by atoms with Crippen molar-refractivity contribution in [2.24, 2.45) is 11.8 Å². The number of piperidine rings is 1. The Hall–Kier alpha value is -1.11. The Morgan fingerprint density at radius 1 is 1.28 bits per heavy atom. The van der Waals surface area contributed by atoms with E-state index in [4.69, 9.17) is 4.74 Å². The van der Waals surface area contributed by atoms with Crippen molar-refractivity contribution in [2.75, 3.05) is 31.2 Å². The molecule has 0 radical (unpaired) electrons. The van der Waals surface area contributed by atoms with E-state index >= 15 is 0 Å². The number of ether oxygens (including phenoxy) is 1. The number of H-pyrrole nitrogens is 1. The highest BCUT2D eigenvalue weighted by Gasteiger charge is 2.56. The third-order valence-corrected chi connectivity index (χ3v) is 10.7. The maximum atomic E-state index is 13.2. The first-order valence-corrected chi connectivity index (χ1v) is 12.9. The minimum atomic E-state index is -0.424. The molecular formula is C23H30N2O2S2. The average Bonchev–Trinajstić information content (AvgIpc) is 3.38. The molecule has 0 bridgehead atoms. The number of aromatic amines is 1. The minimum absolute atomic E-state index is 0.0112. The molecule has 1 aromatic carbocycles. The Labute approximate surface area is 181 Å². The van der Waals surface area contributed by atoms with Gasteiger partial charge in [-0.05, 0) is 43.2 Å². The first kappa shape index (κ1) is 19.8. The lowest BCUT2D eigenvalue weighted by molar-refractivity contribution is -0.146. The largest absolute Gasteiger partial charge is 0.464 e. The number of hydrogen-bond acceptors (Lipinski definition) is 5. The number of esters is 1. The summed E-state index contributed by atoms with van der Waals surface area (Å²) in [6, 6.07) is 9.07. The lowest BCUT2D eigenvalue weighted by Crippen LogP contribution is -2.53. The zero-order valence-electron chi connectivity index (χ0n) is 17.3. The SMILES string of the molecule is CCOC(=O)C1([C@H]2C[C@H]3c4[nH]c5ccccc5c4CCN3C[C@@H]2CC)SCCS1. The molecule has 1 aromatic heterocycles. The van der Waals surface area contributed by atoms with E-state index in [0.717, 1.165) is 43.9 Å². The summed E-state index contributed by atoms with van der Waals surface area (Å²) in [5.41, 5.74) is 4.13. The van der Waals surface area contributed by atoms with Crippen LogP contribution in [0.5, 0.6) is 0 Å². The first-order chi connectivity index (χ1) is 14.2. The van der Waals surface area contributed by atoms with Gasteiger partial charge in [-0.1, -0.05) is 31.5 Å². The molecule has 2 saturated heterocycles. The second kappa shape index (κ2) is 7.86. The van der Waals surface area contributed by atoms with Gasteiger partial charge < -0.3 is 9.72 Å². The van der Waals surface area contributed by atoms with Crippen molar-refractivity contribution in [1.82, 2.24) is 9.88 Å². The molecule has 6 heteroatoms. The molecule has 156 valence electrons. The van der Waals surface area contributed by atoms with Gasteiger partial charge in [-0.25, -0.2) is 4.79 Å². The summed E-state index contributed by atoms with van der Waals surface area (Å²) in [5.74, 6) is 2.99. The number of aromatic nitrogens is 1. The zero-order valence-corrected chi connectivity index (χ0v) is 18.9. The molecule has 3 aliphatic rings. The number of nitrogens with zero attached hydrogens (tertiary/aromatic N) is 1. The molecule has 0 aliphatic carbocycles. The van der Waals surface area contributed by atoms with Crippen LogP contribution in [0.3, 0.4) is 0 Å². The molecule has 3 aliphatic heterocycles. The fraction of sp³-hybridized carbons (Fsp3) is 0.609. The van der Waals surface area contributed by atoms with Gasteiger partial charge in [-0.2, -0.15) is 0 Å². The standard InChI is InChI=1S/C23H30N2O2S2/c1-3-15-14-25-10-9-17-16-7-5-6-8-19(16)24-21(17)20(25)13-18(15)23(22(26)27-4-2)28-11-12-29-23/h5-8,15,18,20,24H,3-4,9-14H2,1-2H3/t15-,18-,20-/m0/s1. The second-order valence-electron chi connectivity index (χ2n) is 8.42. The molecule has 3 atom stereocenters. The molecular weight excluding hydrogens is 400 g/mol. The number of thioether (sulfide) groups is 2. The van der Waals surface area contributed by atoms with Crippen LogP contribution >= 0.6 is 23.5 Å². The molecule has 0 unspecified atom stereocenters. The van der Waals surface area contributed by atoms with Crippen LogP contribution in [0.2, 0.25) is 0 Å². The van der Waals surface area contributed by atoms with Crippen molar-refractivity contribution in [2.45, 2.75) is 43.2 Å². The molecule has 2 fully saturated rings. The van der Waals surface area contributed by atoms with Crippen LogP contribution in [0.15, 0.2) is 24.3 Å². The van der Waals surface area contributed by atoms with Crippen LogP contribution in [-0.2, 0) is 16.0 Å². The van der Waals surface area contributed by atoms with Crippen LogP contribution in [0.1, 0.15) is 44.0 Å². The zero-order chi connectivity index (χ0) is 20.0. The normalized spacial score (nSPS) is 28.8. The van der Waals surface area contributed by atoms with Crippen LogP contribution in [0.4, 0.5) is 0 Å². The molecule has 29 heavy (non-hydrogen) atoms. The van der Waals surface area contributed by atoms with E-state index in [9.17, 15) is 4.79 Å². The predicted molar refractivity (Wildman–Crippen MR) is 122 cm³/mol. The van der Waals surface area contributed by atoms with E-state index in [1.54, 1.807) is 0 Å². The number of fused-ring (bicyclic) bond motifs is 5. The summed E-state index contributed by atoms with van der Waals surface area (Å²) in [6.45, 7) is 6.89. The number of nitrogens with one attached hydrogen (secondary N) is 1. The number of carbonyl (C=O) groups is 1. The molecule has 4 nitrogen and oxygen atoms in total. The minimum Gasteiger partial charge on any atom is -0.464 e. The second-order valence-corrected chi connectivity index (χ2v) is 11.4. The van der Waals surface area contributed by atoms with Gasteiger partial charge in [-0.15, -0.1) is 23.5 Å². The van der Waals surface area contributed by atoms with Gasteiger partial charge in [-0.3, -0.25) is 4.90 Å². The van der Waals surface area contributed by atoms with E-state index < -0.39 is 4.08 Å². The number of benzene rings is 1. The lowest BCUT2D eigenvalue weighted by Gasteiger charge is -2.50. The monoisotopic (exact) mass is 430 g/mol. The maximum Gasteiger partial charge on any atom is 0.332 e. The summed E-state index contributed by atoms with van der Waals surface area (Å²) in [4.78, 5) is 19.6. The van der Waals surface area contributed by atoms with Crippen molar-refractivity contribution < 1.29 is 9.53 Å². The summed E-state index contributed by atoms with van der Waals surface area (Å²) >= 11 is 3.70. The van der Waals surface area contributed by atoms with Gasteiger partial charge in [0.25, 0.3) is 0 Å². The fourth-order valence-corrected chi connectivity index (χ4v) is 9.20. The van der Waals surface area contributed by atoms with Crippen molar-refractivity contribution in [3.63, 3.8) is 0 Å². The van der Waals surface area contributed by atoms with Gasteiger partial charge in [0.15, 0.2) is 4.08 Å². The van der Waals surface area contributed by atoms with E-state index in [2.05, 4.69) is 41.1 Å². The Morgan fingerprint density at radius 3 is 2.83 bits per heavy atom. The maximum absolute atomic E-state index is 13.2. The van der Waals surface area contributed by atoms with Crippen molar-refractivity contribution in [3.05, 3.63) is 35.5 Å². The van der Waals surface area contributed by atoms with Gasteiger partial charge in [0.2, 0.25) is 0 Å². The highest BCUT2D eigenvalue weighted by atomic mass is 32.2. The van der Waals surface area contributed by atoms with Crippen molar-refractivity contribution >= 4 is 40.4 Å². The average molecular weight is 431 g/mol. The number of rotatable bonds is 4. The van der Waals surface area contributed by atoms with Crippen LogP contribution < -0.4 is 0 Å². The molecule has 5 rings (SSSR count). The smallest absolute Gasteiger partial charge is 0.332 e. The third kappa shape index (κ3) is 3.14. The number of hydrogen-bond donors (Lipinski definition) is 1. The first-order valence-electron chi connectivity index (χ1n) is 11.0. The summed E-state index contributed by atoms with van der Waals surface area (Å²) in [7, 11) is 0. The van der Waals surface area contributed by atoms with Crippen LogP contribution in [-0.4, -0.2) is 51.1 Å². The Bertz CT molecular complexity index is 905. The van der Waals surface area contributed by atoms with Gasteiger partial charge >= 0.3 is 5.97 Å². The molecule has 2 aromatic rings. The lowest BCUT2D eigenvalue weighted by atomic mass is 9.75. The number of carbonyl (C=O) groups excluding carboxylic acids is 1. The molecule has 4 heterocycles. The van der Waals surface area contributed by atoms with Gasteiger partial charge in [0.1, 0.15) is 0 Å². The quantitative estimate of drug-likeness (QED) is 0.703. The van der Waals surface area contributed by atoms with Crippen LogP contribution in [0, 0.1) is 11.8 Å². The van der Waals surface area contributed by atoms with Crippen molar-refractivity contribution in [3.8, 4) is 0 Å². The van der Waals surface area contributed by atoms with Crippen LogP contribution in [0.25, 0.3) is 10.9 Å². The molecule has 1 N–H and O–H groups in total. The van der Waals surface area contributed by atoms with Gasteiger partial charge in [0, 0.05) is 41.2 Å². The van der Waals surface area contributed by atoms with Crippen molar-refractivity contribution in [1.29, 1.82) is 0 Å². The Morgan fingerprint density at radius 2 is 2.07 bits per heavy atom. The summed E-state index contributed by atoms with van der Waals surface area (Å²) in [6.07, 6.45) is 3.27. The highest BCUT2D eigenvalue weighted by molar-refractivity contribution is 8.22. The van der Waals surface area contributed by atoms with Gasteiger partial charge in [0.05, 0.1) is 12.6 Å².